The molecule has 0 aromatic heterocycles. The van der Waals surface area contributed by atoms with Gasteiger partial charge in [-0.2, -0.15) is 0 Å². The van der Waals surface area contributed by atoms with Crippen LogP contribution in [0.5, 0.6) is 0 Å². The third kappa shape index (κ3) is 7.57. The van der Waals surface area contributed by atoms with Gasteiger partial charge >= 0.3 is 12.0 Å². The largest absolute Gasteiger partial charge is 0.479 e. The number of hydrogen-bond donors (Lipinski definition) is 5. The third-order valence-corrected chi connectivity index (χ3v) is 2.80. The van der Waals surface area contributed by atoms with E-state index in [9.17, 15) is 14.4 Å². The van der Waals surface area contributed by atoms with Gasteiger partial charge in [0.2, 0.25) is 5.91 Å². The Balaban J connectivity index is 1.94. The van der Waals surface area contributed by atoms with Crippen LogP contribution in [0.15, 0.2) is 0 Å². The molecule has 8 heteroatoms. The number of aliphatic hydroxyl groups excluding tert-OH is 1. The van der Waals surface area contributed by atoms with Crippen LogP contribution in [0.25, 0.3) is 0 Å². The average Bonchev–Trinajstić information content (AvgIpc) is 3.18. The molecule has 1 aliphatic rings. The summed E-state index contributed by atoms with van der Waals surface area (Å²) < 4.78 is 0. The first-order chi connectivity index (χ1) is 9.49. The van der Waals surface area contributed by atoms with Crippen molar-refractivity contribution in [3.63, 3.8) is 0 Å². The first-order valence-corrected chi connectivity index (χ1v) is 6.71. The molecule has 1 rings (SSSR count). The van der Waals surface area contributed by atoms with Crippen LogP contribution >= 0.6 is 0 Å². The minimum Gasteiger partial charge on any atom is -0.479 e. The molecule has 1 atom stereocenters. The van der Waals surface area contributed by atoms with Crippen LogP contribution < -0.4 is 16.0 Å². The van der Waals surface area contributed by atoms with Crippen molar-refractivity contribution >= 4 is 17.9 Å². The van der Waals surface area contributed by atoms with E-state index >= 15 is 0 Å². The Kier molecular flexibility index (Phi) is 6.78. The van der Waals surface area contributed by atoms with E-state index < -0.39 is 18.1 Å². The standard InChI is InChI=1S/C12H21N3O5/c16-9(11(18)19)5-7-14-12(20)13-6-1-2-10(17)15-8-3-4-8/h8-9,16H,1-7H2,(H,15,17)(H,18,19)(H2,13,14,20)/t9-/m0/s1. The third-order valence-electron chi connectivity index (χ3n) is 2.80. The van der Waals surface area contributed by atoms with Gasteiger partial charge in [-0.25, -0.2) is 9.59 Å². The molecule has 5 N–H and O–H groups in total. The van der Waals surface area contributed by atoms with Crippen molar-refractivity contribution in [3.8, 4) is 0 Å². The van der Waals surface area contributed by atoms with Crippen molar-refractivity contribution in [2.24, 2.45) is 0 Å². The molecule has 1 saturated carbocycles. The quantitative estimate of drug-likeness (QED) is 0.354. The maximum atomic E-state index is 11.3. The molecule has 0 radical (unpaired) electrons. The van der Waals surface area contributed by atoms with Gasteiger partial charge in [0.1, 0.15) is 0 Å². The van der Waals surface area contributed by atoms with E-state index in [2.05, 4.69) is 16.0 Å². The van der Waals surface area contributed by atoms with Crippen molar-refractivity contribution in [3.05, 3.63) is 0 Å². The summed E-state index contributed by atoms with van der Waals surface area (Å²) in [4.78, 5) is 32.9. The number of carbonyl (C=O) groups is 3. The number of rotatable bonds is 9. The van der Waals surface area contributed by atoms with Crippen LogP contribution in [-0.2, 0) is 9.59 Å². The van der Waals surface area contributed by atoms with Crippen LogP contribution in [0.1, 0.15) is 32.1 Å². The second-order valence-electron chi connectivity index (χ2n) is 4.77. The predicted octanol–water partition coefficient (Wildman–Crippen LogP) is -0.820. The van der Waals surface area contributed by atoms with Gasteiger partial charge in [-0.15, -0.1) is 0 Å². The van der Waals surface area contributed by atoms with Gasteiger partial charge in [0, 0.05) is 32.0 Å². The summed E-state index contributed by atoms with van der Waals surface area (Å²) in [6, 6.07) is -0.0930. The van der Waals surface area contributed by atoms with Crippen LogP contribution in [-0.4, -0.2) is 53.4 Å². The Morgan fingerprint density at radius 1 is 1.15 bits per heavy atom. The number of carboxylic acid groups (broad SMARTS) is 1. The highest BCUT2D eigenvalue weighted by Gasteiger charge is 2.22. The summed E-state index contributed by atoms with van der Waals surface area (Å²) in [6.45, 7) is 0.437. The fourth-order valence-corrected chi connectivity index (χ4v) is 1.49. The van der Waals surface area contributed by atoms with Gasteiger partial charge in [0.05, 0.1) is 0 Å². The molecule has 3 amide bonds. The predicted molar refractivity (Wildman–Crippen MR) is 70.1 cm³/mol. The number of aliphatic carboxylic acids is 1. The van der Waals surface area contributed by atoms with E-state index in [0.29, 0.717) is 25.4 Å². The lowest BCUT2D eigenvalue weighted by Crippen LogP contribution is -2.38. The van der Waals surface area contributed by atoms with E-state index in [0.717, 1.165) is 12.8 Å². The maximum absolute atomic E-state index is 11.3. The van der Waals surface area contributed by atoms with Gasteiger partial charge in [-0.05, 0) is 19.3 Å². The van der Waals surface area contributed by atoms with E-state index in [4.69, 9.17) is 10.2 Å². The second kappa shape index (κ2) is 8.36. The monoisotopic (exact) mass is 287 g/mol. The fraction of sp³-hybridized carbons (Fsp3) is 0.750. The molecule has 0 aromatic carbocycles. The highest BCUT2D eigenvalue weighted by molar-refractivity contribution is 5.77. The van der Waals surface area contributed by atoms with E-state index in [1.807, 2.05) is 0 Å². The SMILES string of the molecule is O=C(CCCNC(=O)NCC[C@H](O)C(=O)O)NC1CC1. The van der Waals surface area contributed by atoms with Crippen molar-refractivity contribution < 1.29 is 24.6 Å². The van der Waals surface area contributed by atoms with E-state index in [-0.39, 0.29) is 18.9 Å². The van der Waals surface area contributed by atoms with Crippen molar-refractivity contribution in [2.45, 2.75) is 44.2 Å². The molecule has 0 bridgehead atoms. The highest BCUT2D eigenvalue weighted by Crippen LogP contribution is 2.18. The molecule has 114 valence electrons. The molecule has 8 nitrogen and oxygen atoms in total. The molecule has 1 aliphatic carbocycles. The van der Waals surface area contributed by atoms with Gasteiger partial charge in [0.15, 0.2) is 6.10 Å². The lowest BCUT2D eigenvalue weighted by Gasteiger charge is -2.09. The molecule has 0 unspecified atom stereocenters. The van der Waals surface area contributed by atoms with Crippen LogP contribution in [0.2, 0.25) is 0 Å². The molecule has 1 fully saturated rings. The lowest BCUT2D eigenvalue weighted by molar-refractivity contribution is -0.146. The summed E-state index contributed by atoms with van der Waals surface area (Å²) in [7, 11) is 0. The Morgan fingerprint density at radius 3 is 2.40 bits per heavy atom. The van der Waals surface area contributed by atoms with Crippen molar-refractivity contribution in [1.29, 1.82) is 0 Å². The first kappa shape index (κ1) is 16.2. The van der Waals surface area contributed by atoms with Gasteiger partial charge in [0.25, 0.3) is 0 Å². The molecular weight excluding hydrogens is 266 g/mol. The zero-order valence-corrected chi connectivity index (χ0v) is 11.2. The number of carbonyl (C=O) groups excluding carboxylic acids is 2. The summed E-state index contributed by atoms with van der Waals surface area (Å²) in [5.74, 6) is -1.31. The van der Waals surface area contributed by atoms with Crippen molar-refractivity contribution in [1.82, 2.24) is 16.0 Å². The number of amides is 3. The van der Waals surface area contributed by atoms with Crippen LogP contribution in [0.4, 0.5) is 4.79 Å². The lowest BCUT2D eigenvalue weighted by atomic mass is 10.2. The minimum absolute atomic E-state index is 0.000659. The Morgan fingerprint density at radius 2 is 1.80 bits per heavy atom. The second-order valence-corrected chi connectivity index (χ2v) is 4.77. The van der Waals surface area contributed by atoms with Gasteiger partial charge < -0.3 is 26.2 Å². The first-order valence-electron chi connectivity index (χ1n) is 6.71. The van der Waals surface area contributed by atoms with E-state index in [1.165, 1.54) is 0 Å². The smallest absolute Gasteiger partial charge is 0.332 e. The summed E-state index contributed by atoms with van der Waals surface area (Å²) in [6.07, 6.45) is 1.50. The number of urea groups is 1. The average molecular weight is 287 g/mol. The van der Waals surface area contributed by atoms with Crippen molar-refractivity contribution in [2.75, 3.05) is 13.1 Å². The van der Waals surface area contributed by atoms with Crippen LogP contribution in [0.3, 0.4) is 0 Å². The number of aliphatic hydroxyl groups is 1. The Labute approximate surface area is 116 Å². The summed E-state index contributed by atoms with van der Waals surface area (Å²) in [5, 5.41) is 25.2. The molecule has 0 aliphatic heterocycles. The zero-order chi connectivity index (χ0) is 15.0. The Hall–Kier alpha value is -1.83. The Bertz CT molecular complexity index is 357. The molecule has 0 spiro atoms. The zero-order valence-electron chi connectivity index (χ0n) is 11.2. The van der Waals surface area contributed by atoms with Gasteiger partial charge in [-0.1, -0.05) is 0 Å². The minimum atomic E-state index is -1.47. The normalized spacial score (nSPS) is 15.2. The highest BCUT2D eigenvalue weighted by atomic mass is 16.4. The summed E-state index contributed by atoms with van der Waals surface area (Å²) in [5.41, 5.74) is 0. The molecular formula is C12H21N3O5. The maximum Gasteiger partial charge on any atom is 0.332 e. The molecule has 20 heavy (non-hydrogen) atoms. The molecule has 0 aromatic rings. The number of carboxylic acids is 1. The number of hydrogen-bond acceptors (Lipinski definition) is 4. The van der Waals surface area contributed by atoms with Crippen LogP contribution in [0, 0.1) is 0 Å². The summed E-state index contributed by atoms with van der Waals surface area (Å²) >= 11 is 0. The fourth-order valence-electron chi connectivity index (χ4n) is 1.49. The topological polar surface area (TPSA) is 128 Å². The molecule has 0 heterocycles. The van der Waals surface area contributed by atoms with Gasteiger partial charge in [-0.3, -0.25) is 4.79 Å². The molecule has 0 saturated heterocycles. The van der Waals surface area contributed by atoms with E-state index in [1.54, 1.807) is 0 Å². The number of nitrogens with one attached hydrogen (secondary N) is 3.